The largest absolute Gasteiger partial charge is 0.479 e. The first-order valence-corrected chi connectivity index (χ1v) is 33.8. The van der Waals surface area contributed by atoms with Crippen molar-refractivity contribution in [2.45, 2.75) is 284 Å². The molecule has 0 bridgehead atoms. The Kier molecular flexibility index (Phi) is 44.2. The Hall–Kier alpha value is -6.39. The second-order valence-electron chi connectivity index (χ2n) is 25.7. The zero-order valence-electron chi connectivity index (χ0n) is 56.5. The van der Waals surface area contributed by atoms with Crippen LogP contribution in [0.4, 0.5) is 0 Å². The van der Waals surface area contributed by atoms with Crippen molar-refractivity contribution in [2.75, 3.05) is 18.5 Å². The maximum Gasteiger partial charge on any atom is 0.344 e. The van der Waals surface area contributed by atoms with Gasteiger partial charge >= 0.3 is 65.7 Å². The lowest BCUT2D eigenvalue weighted by Gasteiger charge is -2.22. The van der Waals surface area contributed by atoms with Gasteiger partial charge in [-0.1, -0.05) is 119 Å². The molecule has 4 rings (SSSR count). The second-order valence-corrected chi connectivity index (χ2v) is 26.2. The summed E-state index contributed by atoms with van der Waals surface area (Å²) >= 11 is 2.99. The summed E-state index contributed by atoms with van der Waals surface area (Å²) in [5.74, 6) is -10.4. The predicted molar refractivity (Wildman–Crippen MR) is 348 cm³/mol. The molecular formula is C69H109BrO22. The molecule has 0 aliphatic heterocycles. The molecule has 4 aliphatic carbocycles. The average Bonchev–Trinajstić information content (AvgIpc) is 1.12. The maximum atomic E-state index is 12.3. The Morgan fingerprint density at radius 3 is 0.924 bits per heavy atom. The molecular weight excluding hydrogens is 1260 g/mol. The van der Waals surface area contributed by atoms with Crippen LogP contribution in [0.2, 0.25) is 0 Å². The Bertz CT molecular complexity index is 2370. The van der Waals surface area contributed by atoms with Crippen LogP contribution in [0.3, 0.4) is 0 Å². The molecule has 0 aromatic heterocycles. The van der Waals surface area contributed by atoms with Gasteiger partial charge in [0.1, 0.15) is 40.9 Å². The van der Waals surface area contributed by atoms with Crippen molar-refractivity contribution >= 4 is 81.6 Å². The van der Waals surface area contributed by atoms with Gasteiger partial charge < -0.3 is 53.2 Å². The van der Waals surface area contributed by atoms with Crippen molar-refractivity contribution in [2.24, 2.45) is 17.8 Å². The molecule has 3 N–H and O–H groups in total. The van der Waals surface area contributed by atoms with Crippen LogP contribution in [0.5, 0.6) is 0 Å². The van der Waals surface area contributed by atoms with Crippen LogP contribution in [0.25, 0.3) is 0 Å². The minimum Gasteiger partial charge on any atom is -0.479 e. The Morgan fingerprint density at radius 1 is 0.391 bits per heavy atom. The molecule has 4 saturated carbocycles. The minimum absolute atomic E-state index is 0.0237. The highest BCUT2D eigenvalue weighted by Gasteiger charge is 2.30. The molecule has 524 valence electrons. The molecule has 0 saturated heterocycles. The van der Waals surface area contributed by atoms with E-state index >= 15 is 0 Å². The van der Waals surface area contributed by atoms with Crippen molar-refractivity contribution in [3.05, 3.63) is 48.6 Å². The number of halogens is 1. The third-order valence-corrected chi connectivity index (χ3v) is 15.5. The van der Waals surface area contributed by atoms with Gasteiger partial charge in [0.15, 0.2) is 13.2 Å². The standard InChI is InChI=1S/C20H32O6.C16H24O6.C14H22O4.C13H20O4.C6H11BrO2/c1-14(18(22)24-13-17(21)26-20(3,4)5)15(2)19(23)25-16-11-9-7-6-8-10-12-16;1-11(15(19)21-10-14(17)18)12(2)16(20)22-13-8-6-4-3-5-7-9-13;1-10(13(15)16)11(2)14(17)18-12-8-6-4-3-5-7-9-12;1-10(13(15)16)9-12(14)17-11-7-5-3-2-4-6-8-11;1-6(2,3)9-5(8)4-7/h15-16H,1,6-13H2,2-5H3;12-13H,1,3-10H2,2H3,(H,17,18);11-12H,1,3-9H2,2H3,(H,15,16);11H,1-9H2,(H,15,16);4H2,1-3H3. The van der Waals surface area contributed by atoms with E-state index in [-0.39, 0.29) is 70.0 Å². The molecule has 4 fully saturated rings. The van der Waals surface area contributed by atoms with Gasteiger partial charge in [0, 0.05) is 22.3 Å². The van der Waals surface area contributed by atoms with Crippen molar-refractivity contribution in [1.82, 2.24) is 0 Å². The van der Waals surface area contributed by atoms with Crippen molar-refractivity contribution in [3.8, 4) is 0 Å². The van der Waals surface area contributed by atoms with Crippen LogP contribution >= 0.6 is 15.9 Å². The maximum absolute atomic E-state index is 12.3. The predicted octanol–water partition coefficient (Wildman–Crippen LogP) is 13.5. The molecule has 0 spiro atoms. The number of carbonyl (C=O) groups excluding carboxylic acids is 8. The van der Waals surface area contributed by atoms with E-state index in [4.69, 9.17) is 48.5 Å². The highest BCUT2D eigenvalue weighted by Crippen LogP contribution is 2.26. The van der Waals surface area contributed by atoms with Crippen LogP contribution in [-0.4, -0.2) is 135 Å². The molecule has 0 heterocycles. The number of hydrogen-bond donors (Lipinski definition) is 3. The van der Waals surface area contributed by atoms with E-state index in [1.807, 2.05) is 20.8 Å². The number of rotatable bonds is 21. The third-order valence-electron chi connectivity index (χ3n) is 15.0. The van der Waals surface area contributed by atoms with Gasteiger partial charge in [-0.2, -0.15) is 0 Å². The number of aliphatic carboxylic acids is 3. The van der Waals surface area contributed by atoms with Gasteiger partial charge in [-0.05, 0) is 165 Å². The smallest absolute Gasteiger partial charge is 0.344 e. The first kappa shape index (κ1) is 85.6. The van der Waals surface area contributed by atoms with Gasteiger partial charge in [0.2, 0.25) is 0 Å². The van der Waals surface area contributed by atoms with Gasteiger partial charge in [0.05, 0.1) is 24.2 Å². The lowest BCUT2D eigenvalue weighted by atomic mass is 9.98. The summed E-state index contributed by atoms with van der Waals surface area (Å²) in [4.78, 5) is 125. The summed E-state index contributed by atoms with van der Waals surface area (Å²) in [6.07, 6.45) is 29.3. The normalized spacial score (nSPS) is 17.3. The van der Waals surface area contributed by atoms with Gasteiger partial charge in [-0.15, -0.1) is 0 Å². The van der Waals surface area contributed by atoms with Gasteiger partial charge in [0.25, 0.3) is 0 Å². The number of carbonyl (C=O) groups is 11. The molecule has 3 atom stereocenters. The van der Waals surface area contributed by atoms with Crippen molar-refractivity contribution < 1.29 is 106 Å². The molecule has 22 nitrogen and oxygen atoms in total. The monoisotopic (exact) mass is 1370 g/mol. The third kappa shape index (κ3) is 42.7. The first-order chi connectivity index (χ1) is 43.1. The van der Waals surface area contributed by atoms with E-state index in [0.29, 0.717) is 0 Å². The van der Waals surface area contributed by atoms with E-state index in [1.165, 1.54) is 65.2 Å². The topological polar surface area (TPSA) is 322 Å². The number of hydrogen-bond acceptors (Lipinski definition) is 19. The van der Waals surface area contributed by atoms with Crippen LogP contribution in [0.1, 0.15) is 249 Å². The van der Waals surface area contributed by atoms with E-state index in [2.05, 4.69) is 47.0 Å². The number of alkyl halides is 1. The highest BCUT2D eigenvalue weighted by molar-refractivity contribution is 9.09. The lowest BCUT2D eigenvalue weighted by molar-refractivity contribution is -0.165. The molecule has 0 amide bonds. The summed E-state index contributed by atoms with van der Waals surface area (Å²) in [6, 6.07) is 0. The second kappa shape index (κ2) is 47.5. The summed E-state index contributed by atoms with van der Waals surface area (Å²) in [5, 5.41) is 26.1. The fourth-order valence-corrected chi connectivity index (χ4v) is 9.68. The number of carboxylic acid groups (broad SMARTS) is 3. The van der Waals surface area contributed by atoms with Crippen LogP contribution in [-0.2, 0) is 90.6 Å². The van der Waals surface area contributed by atoms with Gasteiger partial charge in [-0.3, -0.25) is 24.0 Å². The van der Waals surface area contributed by atoms with Gasteiger partial charge in [-0.25, -0.2) is 28.8 Å². The lowest BCUT2D eigenvalue weighted by Crippen LogP contribution is -2.29. The van der Waals surface area contributed by atoms with Crippen molar-refractivity contribution in [1.29, 1.82) is 0 Å². The quantitative estimate of drug-likeness (QED) is 0.0416. The van der Waals surface area contributed by atoms with Crippen LogP contribution in [0.15, 0.2) is 48.6 Å². The van der Waals surface area contributed by atoms with Crippen molar-refractivity contribution in [3.63, 3.8) is 0 Å². The minimum atomic E-state index is -1.26. The van der Waals surface area contributed by atoms with Crippen LogP contribution in [0, 0.1) is 17.8 Å². The van der Waals surface area contributed by atoms with E-state index in [9.17, 15) is 52.7 Å². The average molecular weight is 1370 g/mol. The fraction of sp³-hybridized carbons (Fsp3) is 0.725. The molecule has 0 radical (unpaired) electrons. The Labute approximate surface area is 554 Å². The molecule has 23 heteroatoms. The number of ether oxygens (including phenoxy) is 8. The Balaban J connectivity index is 0.00000116. The molecule has 0 aromatic rings. The molecule has 0 aromatic carbocycles. The molecule has 3 unspecified atom stereocenters. The number of carboxylic acids is 3. The van der Waals surface area contributed by atoms with E-state index in [0.717, 1.165) is 128 Å². The molecule has 92 heavy (non-hydrogen) atoms. The summed E-state index contributed by atoms with van der Waals surface area (Å²) in [5.41, 5.74) is -1.34. The summed E-state index contributed by atoms with van der Waals surface area (Å²) in [7, 11) is 0. The first-order valence-electron chi connectivity index (χ1n) is 32.7. The number of esters is 8. The zero-order chi connectivity index (χ0) is 70.0. The van der Waals surface area contributed by atoms with E-state index in [1.54, 1.807) is 27.7 Å². The highest BCUT2D eigenvalue weighted by atomic mass is 79.9. The Morgan fingerprint density at radius 2 is 0.663 bits per heavy atom. The summed E-state index contributed by atoms with van der Waals surface area (Å²) in [6.45, 7) is 27.9. The summed E-state index contributed by atoms with van der Waals surface area (Å²) < 4.78 is 41.1. The zero-order valence-corrected chi connectivity index (χ0v) is 58.1. The fourth-order valence-electron chi connectivity index (χ4n) is 9.56. The molecule has 4 aliphatic rings. The van der Waals surface area contributed by atoms with Crippen LogP contribution < -0.4 is 0 Å². The SMILES string of the molecule is C=C(C(=O)O)C(C)C(=O)OC1CCCCCCC1.C=C(C(=O)OCC(=O)O)C(C)C(=O)OC1CCCCCCC1.C=C(C(=O)OCC(=O)OC(C)(C)C)C(C)C(=O)OC1CCCCCCC1.C=C(CC(=O)OC1CCCCCCC1)C(=O)O.CC(C)(C)OC(=O)CBr. The van der Waals surface area contributed by atoms with E-state index < -0.39 is 96.3 Å².